The highest BCUT2D eigenvalue weighted by atomic mass is 19.1. The van der Waals surface area contributed by atoms with Gasteiger partial charge in [0.2, 0.25) is 0 Å². The smallest absolute Gasteiger partial charge is 0.191 e. The second-order valence-corrected chi connectivity index (χ2v) is 5.19. The molecule has 6 heteroatoms. The number of guanidine groups is 1. The molecule has 0 amide bonds. The molecule has 0 heterocycles. The Morgan fingerprint density at radius 1 is 1.08 bits per heavy atom. The predicted molar refractivity (Wildman–Crippen MR) is 91.3 cm³/mol. The molecule has 0 aliphatic rings. The topological polar surface area (TPSA) is 45.7 Å². The zero-order valence-corrected chi connectivity index (χ0v) is 13.8. The Balaban J connectivity index is 1.80. The molecule has 0 spiro atoms. The lowest BCUT2D eigenvalue weighted by Crippen LogP contribution is -2.37. The van der Waals surface area contributed by atoms with E-state index in [1.54, 1.807) is 14.2 Å². The van der Waals surface area contributed by atoms with Gasteiger partial charge in [-0.2, -0.15) is 0 Å². The highest BCUT2D eigenvalue weighted by Crippen LogP contribution is 2.11. The minimum absolute atomic E-state index is 0.341. The number of hydrogen-bond donors (Lipinski definition) is 2. The summed E-state index contributed by atoms with van der Waals surface area (Å²) in [5.74, 6) is 0.564. The Hall–Kier alpha value is -2.63. The van der Waals surface area contributed by atoms with Crippen LogP contribution in [0.2, 0.25) is 0 Å². The molecule has 0 unspecified atom stereocenters. The summed E-state index contributed by atoms with van der Waals surface area (Å²) in [5, 5.41) is 6.25. The third-order valence-corrected chi connectivity index (χ3v) is 3.54. The van der Waals surface area contributed by atoms with Gasteiger partial charge in [0, 0.05) is 20.1 Å². The van der Waals surface area contributed by atoms with Crippen LogP contribution in [0.4, 0.5) is 8.78 Å². The van der Waals surface area contributed by atoms with E-state index in [0.717, 1.165) is 23.4 Å². The van der Waals surface area contributed by atoms with E-state index in [0.29, 0.717) is 31.0 Å². The maximum absolute atomic E-state index is 13.6. The van der Waals surface area contributed by atoms with Gasteiger partial charge in [0.25, 0.3) is 0 Å². The molecule has 0 saturated carbocycles. The van der Waals surface area contributed by atoms with Crippen molar-refractivity contribution in [2.75, 3.05) is 20.7 Å². The Bertz CT molecular complexity index is 687. The van der Waals surface area contributed by atoms with E-state index < -0.39 is 11.6 Å². The third kappa shape index (κ3) is 5.22. The molecular formula is C18H21F2N3O. The summed E-state index contributed by atoms with van der Waals surface area (Å²) in [4.78, 5) is 4.11. The number of nitrogens with zero attached hydrogens (tertiary/aromatic N) is 1. The number of benzene rings is 2. The molecule has 0 fully saturated rings. The molecule has 128 valence electrons. The molecule has 24 heavy (non-hydrogen) atoms. The first kappa shape index (κ1) is 17.7. The van der Waals surface area contributed by atoms with Crippen LogP contribution in [-0.4, -0.2) is 26.7 Å². The molecule has 0 atom stereocenters. The fourth-order valence-electron chi connectivity index (χ4n) is 2.20. The van der Waals surface area contributed by atoms with Crippen LogP contribution in [0.3, 0.4) is 0 Å². The first-order valence-electron chi connectivity index (χ1n) is 7.63. The van der Waals surface area contributed by atoms with Crippen LogP contribution in [0, 0.1) is 11.6 Å². The number of rotatable bonds is 6. The van der Waals surface area contributed by atoms with Gasteiger partial charge < -0.3 is 15.4 Å². The number of halogens is 2. The Labute approximate surface area is 140 Å². The normalized spacial score (nSPS) is 11.2. The molecule has 0 saturated heterocycles. The van der Waals surface area contributed by atoms with Crippen molar-refractivity contribution in [2.45, 2.75) is 13.0 Å². The fourth-order valence-corrected chi connectivity index (χ4v) is 2.20. The predicted octanol–water partition coefficient (Wildman–Crippen LogP) is 2.88. The summed E-state index contributed by atoms with van der Waals surface area (Å²) in [5.41, 5.74) is 1.42. The lowest BCUT2D eigenvalue weighted by atomic mass is 10.1. The number of hydrogen-bond acceptors (Lipinski definition) is 2. The quantitative estimate of drug-likeness (QED) is 0.631. The van der Waals surface area contributed by atoms with Crippen molar-refractivity contribution in [3.05, 3.63) is 65.2 Å². The summed E-state index contributed by atoms with van der Waals surface area (Å²) >= 11 is 0. The third-order valence-electron chi connectivity index (χ3n) is 3.54. The lowest BCUT2D eigenvalue weighted by molar-refractivity contribution is 0.414. The monoisotopic (exact) mass is 333 g/mol. The van der Waals surface area contributed by atoms with Crippen LogP contribution in [0.5, 0.6) is 5.75 Å². The zero-order chi connectivity index (χ0) is 17.4. The molecule has 4 nitrogen and oxygen atoms in total. The standard InChI is InChI=1S/C18H21F2N3O/c1-21-18(23-12-13-3-6-16(24-2)7-4-13)22-10-9-14-11-15(19)5-8-17(14)20/h3-8,11H,9-10,12H2,1-2H3,(H2,21,22,23). The minimum Gasteiger partial charge on any atom is -0.497 e. The van der Waals surface area contributed by atoms with Gasteiger partial charge in [-0.25, -0.2) is 8.78 Å². The molecule has 2 N–H and O–H groups in total. The van der Waals surface area contributed by atoms with E-state index in [2.05, 4.69) is 15.6 Å². The van der Waals surface area contributed by atoms with Gasteiger partial charge in [-0.05, 0) is 47.9 Å². The highest BCUT2D eigenvalue weighted by molar-refractivity contribution is 5.79. The average Bonchev–Trinajstić information content (AvgIpc) is 2.61. The second kappa shape index (κ2) is 8.86. The first-order chi connectivity index (χ1) is 11.6. The summed E-state index contributed by atoms with van der Waals surface area (Å²) in [7, 11) is 3.28. The van der Waals surface area contributed by atoms with Crippen molar-refractivity contribution >= 4 is 5.96 Å². The van der Waals surface area contributed by atoms with E-state index in [1.807, 2.05) is 24.3 Å². The van der Waals surface area contributed by atoms with E-state index in [4.69, 9.17) is 4.74 Å². The van der Waals surface area contributed by atoms with E-state index in [1.165, 1.54) is 6.07 Å². The Morgan fingerprint density at radius 2 is 1.83 bits per heavy atom. The molecule has 2 aromatic rings. The summed E-state index contributed by atoms with van der Waals surface area (Å²) in [6.45, 7) is 1.04. The van der Waals surface area contributed by atoms with Gasteiger partial charge in [-0.15, -0.1) is 0 Å². The van der Waals surface area contributed by atoms with Crippen molar-refractivity contribution in [2.24, 2.45) is 4.99 Å². The van der Waals surface area contributed by atoms with Crippen molar-refractivity contribution < 1.29 is 13.5 Å². The highest BCUT2D eigenvalue weighted by Gasteiger charge is 2.04. The first-order valence-corrected chi connectivity index (χ1v) is 7.63. The SMILES string of the molecule is CN=C(NCCc1cc(F)ccc1F)NCc1ccc(OC)cc1. The van der Waals surface area contributed by atoms with E-state index >= 15 is 0 Å². The van der Waals surface area contributed by atoms with Gasteiger partial charge in [0.15, 0.2) is 5.96 Å². The van der Waals surface area contributed by atoms with Crippen molar-refractivity contribution in [1.29, 1.82) is 0 Å². The van der Waals surface area contributed by atoms with Gasteiger partial charge >= 0.3 is 0 Å². The molecule has 2 aromatic carbocycles. The number of nitrogens with one attached hydrogen (secondary N) is 2. The molecular weight excluding hydrogens is 312 g/mol. The van der Waals surface area contributed by atoms with Gasteiger partial charge in [-0.1, -0.05) is 12.1 Å². The van der Waals surface area contributed by atoms with Crippen molar-refractivity contribution in [1.82, 2.24) is 10.6 Å². The van der Waals surface area contributed by atoms with Gasteiger partial charge in [0.1, 0.15) is 17.4 Å². The van der Waals surface area contributed by atoms with Gasteiger partial charge in [-0.3, -0.25) is 4.99 Å². The maximum Gasteiger partial charge on any atom is 0.191 e. The van der Waals surface area contributed by atoms with Crippen LogP contribution in [-0.2, 0) is 13.0 Å². The van der Waals surface area contributed by atoms with Crippen LogP contribution in [0.25, 0.3) is 0 Å². The van der Waals surface area contributed by atoms with Crippen molar-refractivity contribution in [3.63, 3.8) is 0 Å². The molecule has 0 radical (unpaired) electrons. The van der Waals surface area contributed by atoms with Crippen LogP contribution < -0.4 is 15.4 Å². The van der Waals surface area contributed by atoms with Crippen LogP contribution >= 0.6 is 0 Å². The summed E-state index contributed by atoms with van der Waals surface area (Å²) in [6.07, 6.45) is 0.368. The average molecular weight is 333 g/mol. The zero-order valence-electron chi connectivity index (χ0n) is 13.8. The van der Waals surface area contributed by atoms with Crippen LogP contribution in [0.15, 0.2) is 47.5 Å². The summed E-state index contributed by atoms with van der Waals surface area (Å²) < 4.78 is 31.8. The molecule has 0 aliphatic heterocycles. The molecule has 2 rings (SSSR count). The molecule has 0 aromatic heterocycles. The molecule has 0 aliphatic carbocycles. The fraction of sp³-hybridized carbons (Fsp3) is 0.278. The number of ether oxygens (including phenoxy) is 1. The minimum atomic E-state index is -0.437. The Morgan fingerprint density at radius 3 is 2.50 bits per heavy atom. The second-order valence-electron chi connectivity index (χ2n) is 5.19. The number of methoxy groups -OCH3 is 1. The van der Waals surface area contributed by atoms with Crippen molar-refractivity contribution in [3.8, 4) is 5.75 Å². The number of aliphatic imine (C=N–C) groups is 1. The Kier molecular flexibility index (Phi) is 6.54. The largest absolute Gasteiger partial charge is 0.497 e. The summed E-state index contributed by atoms with van der Waals surface area (Å²) in [6, 6.07) is 11.2. The molecule has 0 bridgehead atoms. The maximum atomic E-state index is 13.6. The van der Waals surface area contributed by atoms with Gasteiger partial charge in [0.05, 0.1) is 7.11 Å². The van der Waals surface area contributed by atoms with E-state index in [9.17, 15) is 8.78 Å². The van der Waals surface area contributed by atoms with Crippen LogP contribution in [0.1, 0.15) is 11.1 Å². The lowest BCUT2D eigenvalue weighted by Gasteiger charge is -2.12. The van der Waals surface area contributed by atoms with E-state index in [-0.39, 0.29) is 0 Å².